The van der Waals surface area contributed by atoms with Gasteiger partial charge in [-0.3, -0.25) is 4.98 Å². The van der Waals surface area contributed by atoms with Crippen molar-refractivity contribution in [2.75, 3.05) is 23.8 Å². The lowest BCUT2D eigenvalue weighted by Crippen LogP contribution is -2.39. The summed E-state index contributed by atoms with van der Waals surface area (Å²) in [4.78, 5) is 10.5. The van der Waals surface area contributed by atoms with Crippen LogP contribution in [-0.2, 0) is 0 Å². The highest BCUT2D eigenvalue weighted by Gasteiger charge is 2.22. The van der Waals surface area contributed by atoms with E-state index in [1.807, 2.05) is 0 Å². The van der Waals surface area contributed by atoms with Crippen LogP contribution in [-0.4, -0.2) is 34.3 Å². The molecule has 3 N–H and O–H groups in total. The quantitative estimate of drug-likeness (QED) is 0.821. The lowest BCUT2D eigenvalue weighted by atomic mass is 9.94. The molecule has 1 saturated carbocycles. The van der Waals surface area contributed by atoms with Gasteiger partial charge in [-0.1, -0.05) is 19.3 Å². The van der Waals surface area contributed by atoms with Gasteiger partial charge in [0, 0.05) is 12.6 Å². The fourth-order valence-corrected chi connectivity index (χ4v) is 2.49. The molecule has 0 atom stereocenters. The zero-order valence-electron chi connectivity index (χ0n) is 10.0. The third-order valence-corrected chi connectivity index (χ3v) is 3.29. The van der Waals surface area contributed by atoms with Crippen LogP contribution in [0.4, 0.5) is 11.6 Å². The largest absolute Gasteiger partial charge is 0.395 e. The number of aliphatic hydroxyl groups excluding tert-OH is 1. The van der Waals surface area contributed by atoms with Crippen LogP contribution < -0.4 is 10.6 Å². The highest BCUT2D eigenvalue weighted by molar-refractivity contribution is 5.42. The zero-order chi connectivity index (χ0) is 12.1. The molecule has 1 aliphatic rings. The minimum Gasteiger partial charge on any atom is -0.395 e. The Bertz CT molecular complexity index is 352. The maximum atomic E-state index is 9.18. The Hall–Kier alpha value is -1.36. The Kier molecular flexibility index (Phi) is 4.14. The molecule has 1 aromatic rings. The molecule has 1 fully saturated rings. The Morgan fingerprint density at radius 3 is 2.71 bits per heavy atom. The van der Waals surface area contributed by atoms with Crippen molar-refractivity contribution in [2.45, 2.75) is 38.1 Å². The van der Waals surface area contributed by atoms with E-state index in [1.165, 1.54) is 19.3 Å². The SMILES string of the molecule is Nc1cncc(N(CCO)C2CCCCC2)n1. The molecule has 5 nitrogen and oxygen atoms in total. The summed E-state index contributed by atoms with van der Waals surface area (Å²) in [6.07, 6.45) is 9.41. The van der Waals surface area contributed by atoms with Crippen molar-refractivity contribution in [3.05, 3.63) is 12.4 Å². The van der Waals surface area contributed by atoms with Crippen LogP contribution in [0.15, 0.2) is 12.4 Å². The lowest BCUT2D eigenvalue weighted by Gasteiger charge is -2.34. The summed E-state index contributed by atoms with van der Waals surface area (Å²) in [5.41, 5.74) is 5.66. The lowest BCUT2D eigenvalue weighted by molar-refractivity contribution is 0.289. The normalized spacial score (nSPS) is 17.0. The van der Waals surface area contributed by atoms with Gasteiger partial charge < -0.3 is 15.7 Å². The second kappa shape index (κ2) is 5.82. The number of nitrogen functional groups attached to an aromatic ring is 1. The molecular weight excluding hydrogens is 216 g/mol. The molecule has 0 amide bonds. The van der Waals surface area contributed by atoms with E-state index in [0.29, 0.717) is 18.4 Å². The van der Waals surface area contributed by atoms with Crippen molar-refractivity contribution in [2.24, 2.45) is 0 Å². The van der Waals surface area contributed by atoms with Crippen LogP contribution in [0.3, 0.4) is 0 Å². The summed E-state index contributed by atoms with van der Waals surface area (Å²) in [6.45, 7) is 0.732. The van der Waals surface area contributed by atoms with Gasteiger partial charge in [0.2, 0.25) is 0 Å². The molecule has 5 heteroatoms. The minimum absolute atomic E-state index is 0.132. The van der Waals surface area contributed by atoms with E-state index in [4.69, 9.17) is 5.73 Å². The molecular formula is C12H20N4O. The average molecular weight is 236 g/mol. The molecule has 0 bridgehead atoms. The van der Waals surface area contributed by atoms with E-state index in [9.17, 15) is 5.11 Å². The van der Waals surface area contributed by atoms with E-state index >= 15 is 0 Å². The number of aromatic nitrogens is 2. The molecule has 94 valence electrons. The van der Waals surface area contributed by atoms with Gasteiger partial charge in [0.1, 0.15) is 11.6 Å². The van der Waals surface area contributed by atoms with Gasteiger partial charge in [-0.15, -0.1) is 0 Å². The number of hydrogen-bond donors (Lipinski definition) is 2. The summed E-state index contributed by atoms with van der Waals surface area (Å²) >= 11 is 0. The summed E-state index contributed by atoms with van der Waals surface area (Å²) in [5, 5.41) is 9.18. The highest BCUT2D eigenvalue weighted by Crippen LogP contribution is 2.25. The Morgan fingerprint density at radius 2 is 2.06 bits per heavy atom. The standard InChI is InChI=1S/C12H20N4O/c13-11-8-14-9-12(15-11)16(6-7-17)10-4-2-1-3-5-10/h8-10,17H,1-7H2,(H2,13,15). The molecule has 17 heavy (non-hydrogen) atoms. The summed E-state index contributed by atoms with van der Waals surface area (Å²) < 4.78 is 0. The van der Waals surface area contributed by atoms with E-state index in [0.717, 1.165) is 18.7 Å². The molecule has 0 unspecified atom stereocenters. The van der Waals surface area contributed by atoms with Crippen molar-refractivity contribution < 1.29 is 5.11 Å². The van der Waals surface area contributed by atoms with Crippen LogP contribution in [0.1, 0.15) is 32.1 Å². The second-order valence-corrected chi connectivity index (χ2v) is 4.51. The van der Waals surface area contributed by atoms with E-state index < -0.39 is 0 Å². The molecule has 0 saturated heterocycles. The van der Waals surface area contributed by atoms with Gasteiger partial charge in [0.15, 0.2) is 0 Å². The summed E-state index contributed by atoms with van der Waals surface area (Å²) in [6, 6.07) is 0.465. The van der Waals surface area contributed by atoms with E-state index in [-0.39, 0.29) is 6.61 Å². The summed E-state index contributed by atoms with van der Waals surface area (Å²) in [5.74, 6) is 1.21. The van der Waals surface area contributed by atoms with Crippen LogP contribution in [0, 0.1) is 0 Å². The number of anilines is 2. The zero-order valence-corrected chi connectivity index (χ0v) is 10.0. The molecule has 1 heterocycles. The number of rotatable bonds is 4. The fourth-order valence-electron chi connectivity index (χ4n) is 2.49. The van der Waals surface area contributed by atoms with E-state index in [1.54, 1.807) is 12.4 Å². The van der Waals surface area contributed by atoms with Crippen molar-refractivity contribution in [1.29, 1.82) is 0 Å². The molecule has 0 aliphatic heterocycles. The van der Waals surface area contributed by atoms with Crippen molar-refractivity contribution in [1.82, 2.24) is 9.97 Å². The molecule has 0 radical (unpaired) electrons. The molecule has 1 aliphatic carbocycles. The maximum absolute atomic E-state index is 9.18. The third kappa shape index (κ3) is 3.06. The number of nitrogens with zero attached hydrogens (tertiary/aromatic N) is 3. The first-order valence-electron chi connectivity index (χ1n) is 6.26. The molecule has 2 rings (SSSR count). The van der Waals surface area contributed by atoms with Gasteiger partial charge in [-0.05, 0) is 12.8 Å². The fraction of sp³-hybridized carbons (Fsp3) is 0.667. The maximum Gasteiger partial charge on any atom is 0.149 e. The predicted molar refractivity (Wildman–Crippen MR) is 67.7 cm³/mol. The first-order valence-corrected chi connectivity index (χ1v) is 6.26. The van der Waals surface area contributed by atoms with E-state index in [2.05, 4.69) is 14.9 Å². The van der Waals surface area contributed by atoms with Gasteiger partial charge in [0.05, 0.1) is 19.0 Å². The number of aliphatic hydroxyl groups is 1. The monoisotopic (exact) mass is 236 g/mol. The van der Waals surface area contributed by atoms with Gasteiger partial charge in [0.25, 0.3) is 0 Å². The molecule has 0 spiro atoms. The smallest absolute Gasteiger partial charge is 0.149 e. The minimum atomic E-state index is 0.132. The first-order chi connectivity index (χ1) is 8.31. The van der Waals surface area contributed by atoms with Gasteiger partial charge in [-0.2, -0.15) is 0 Å². The Balaban J connectivity index is 2.15. The van der Waals surface area contributed by atoms with Crippen LogP contribution in [0.2, 0.25) is 0 Å². The summed E-state index contributed by atoms with van der Waals surface area (Å²) in [7, 11) is 0. The van der Waals surface area contributed by atoms with Crippen LogP contribution in [0.25, 0.3) is 0 Å². The highest BCUT2D eigenvalue weighted by atomic mass is 16.3. The molecule has 1 aromatic heterocycles. The molecule has 0 aromatic carbocycles. The Labute approximate surface area is 102 Å². The van der Waals surface area contributed by atoms with Gasteiger partial charge in [-0.25, -0.2) is 4.98 Å². The first kappa shape index (κ1) is 12.1. The van der Waals surface area contributed by atoms with Gasteiger partial charge >= 0.3 is 0 Å². The topological polar surface area (TPSA) is 75.3 Å². The van der Waals surface area contributed by atoms with Crippen molar-refractivity contribution >= 4 is 11.6 Å². The Morgan fingerprint density at radius 1 is 1.29 bits per heavy atom. The third-order valence-electron chi connectivity index (χ3n) is 3.29. The number of nitrogens with two attached hydrogens (primary N) is 1. The van der Waals surface area contributed by atoms with Crippen molar-refractivity contribution in [3.8, 4) is 0 Å². The average Bonchev–Trinajstić information content (AvgIpc) is 2.37. The predicted octanol–water partition coefficient (Wildman–Crippen LogP) is 1.19. The second-order valence-electron chi connectivity index (χ2n) is 4.51. The van der Waals surface area contributed by atoms with Crippen molar-refractivity contribution in [3.63, 3.8) is 0 Å². The number of hydrogen-bond acceptors (Lipinski definition) is 5. The van der Waals surface area contributed by atoms with Crippen LogP contribution in [0.5, 0.6) is 0 Å². The van der Waals surface area contributed by atoms with Crippen LogP contribution >= 0.6 is 0 Å².